The lowest BCUT2D eigenvalue weighted by atomic mass is 10.2. The van der Waals surface area contributed by atoms with Crippen LogP contribution in [0.2, 0.25) is 20.1 Å². The first-order valence-corrected chi connectivity index (χ1v) is 14.4. The molecule has 4 aromatic rings. The smallest absolute Gasteiger partial charge is 0.191 e. The van der Waals surface area contributed by atoms with Gasteiger partial charge in [-0.15, -0.1) is 20.4 Å². The van der Waals surface area contributed by atoms with Crippen molar-refractivity contribution in [3.63, 3.8) is 0 Å². The average molecular weight is 588 g/mol. The molecule has 0 unspecified atom stereocenters. The molecule has 2 heterocycles. The number of halogens is 4. The molecule has 4 rings (SSSR count). The fraction of sp³-hybridized carbons (Fsp3) is 0.304. The van der Waals surface area contributed by atoms with E-state index in [0.717, 1.165) is 57.7 Å². The molecule has 0 aliphatic carbocycles. The van der Waals surface area contributed by atoms with Gasteiger partial charge in [-0.2, -0.15) is 0 Å². The third kappa shape index (κ3) is 6.48. The van der Waals surface area contributed by atoms with Crippen LogP contribution >= 0.6 is 69.9 Å². The van der Waals surface area contributed by atoms with Gasteiger partial charge in [0.15, 0.2) is 10.3 Å². The second kappa shape index (κ2) is 12.2. The number of benzene rings is 2. The van der Waals surface area contributed by atoms with Gasteiger partial charge in [0.05, 0.1) is 26.5 Å². The van der Waals surface area contributed by atoms with Crippen LogP contribution in [0.5, 0.6) is 0 Å². The van der Waals surface area contributed by atoms with Crippen molar-refractivity contribution in [1.82, 2.24) is 29.5 Å². The van der Waals surface area contributed by atoms with Gasteiger partial charge in [-0.3, -0.25) is 0 Å². The fourth-order valence-electron chi connectivity index (χ4n) is 3.44. The summed E-state index contributed by atoms with van der Waals surface area (Å²) in [5.74, 6) is 3.14. The lowest BCUT2D eigenvalue weighted by molar-refractivity contribution is 0.616. The summed E-state index contributed by atoms with van der Waals surface area (Å²) in [6.45, 7) is 5.68. The minimum atomic E-state index is 0.544. The molecular weight excluding hydrogens is 566 g/mol. The maximum Gasteiger partial charge on any atom is 0.191 e. The summed E-state index contributed by atoms with van der Waals surface area (Å²) in [5, 5.41) is 21.7. The van der Waals surface area contributed by atoms with Crippen LogP contribution in [0.15, 0.2) is 46.7 Å². The Balaban J connectivity index is 1.45. The standard InChI is InChI=1S/C23H22Cl4N6S2/c1-3-32-20(28-30-22(32)34-12-14-5-7-16(24)18(26)9-14)11-21-29-31-23(33(21)4-2)35-13-15-6-8-17(25)19(27)10-15/h5-10H,3-4,11-13H2,1-2H3. The van der Waals surface area contributed by atoms with E-state index in [4.69, 9.17) is 46.4 Å². The van der Waals surface area contributed by atoms with Crippen molar-refractivity contribution in [2.24, 2.45) is 0 Å². The maximum atomic E-state index is 6.15. The van der Waals surface area contributed by atoms with E-state index in [0.29, 0.717) is 26.5 Å². The van der Waals surface area contributed by atoms with Crippen molar-refractivity contribution >= 4 is 69.9 Å². The minimum Gasteiger partial charge on any atom is -0.306 e. The molecule has 6 nitrogen and oxygen atoms in total. The van der Waals surface area contributed by atoms with E-state index in [1.54, 1.807) is 23.5 Å². The van der Waals surface area contributed by atoms with Gasteiger partial charge in [-0.1, -0.05) is 82.1 Å². The van der Waals surface area contributed by atoms with Crippen molar-refractivity contribution in [3.8, 4) is 0 Å². The second-order valence-corrected chi connectivity index (χ2v) is 11.1. The Morgan fingerprint density at radius 3 is 1.43 bits per heavy atom. The quantitative estimate of drug-likeness (QED) is 0.177. The molecule has 0 aliphatic rings. The largest absolute Gasteiger partial charge is 0.306 e. The van der Waals surface area contributed by atoms with Crippen LogP contribution in [0.25, 0.3) is 0 Å². The molecule has 0 saturated heterocycles. The van der Waals surface area contributed by atoms with E-state index in [9.17, 15) is 0 Å². The first-order chi connectivity index (χ1) is 16.9. The summed E-state index contributed by atoms with van der Waals surface area (Å²) >= 11 is 27.6. The zero-order valence-electron chi connectivity index (χ0n) is 19.0. The Bertz CT molecular complexity index is 1220. The lowest BCUT2D eigenvalue weighted by Gasteiger charge is -2.09. The number of thioether (sulfide) groups is 2. The summed E-state index contributed by atoms with van der Waals surface area (Å²) in [4.78, 5) is 0. The molecular formula is C23H22Cl4N6S2. The molecule has 0 aliphatic heterocycles. The number of hydrogen-bond acceptors (Lipinski definition) is 6. The third-order valence-electron chi connectivity index (χ3n) is 5.24. The monoisotopic (exact) mass is 586 g/mol. The highest BCUT2D eigenvalue weighted by Crippen LogP contribution is 2.29. The number of rotatable bonds is 10. The summed E-state index contributed by atoms with van der Waals surface area (Å²) in [5.41, 5.74) is 2.15. The maximum absolute atomic E-state index is 6.15. The van der Waals surface area contributed by atoms with Gasteiger partial charge in [0.25, 0.3) is 0 Å². The third-order valence-corrected chi connectivity index (χ3v) is 8.79. The first kappa shape index (κ1) is 26.6. The minimum absolute atomic E-state index is 0.544. The highest BCUT2D eigenvalue weighted by Gasteiger charge is 2.18. The highest BCUT2D eigenvalue weighted by atomic mass is 35.5. The Morgan fingerprint density at radius 1 is 0.629 bits per heavy atom. The van der Waals surface area contributed by atoms with Crippen molar-refractivity contribution in [2.45, 2.75) is 55.2 Å². The van der Waals surface area contributed by atoms with E-state index in [1.165, 1.54) is 0 Å². The Labute approximate surface area is 232 Å². The number of nitrogens with zero attached hydrogens (tertiary/aromatic N) is 6. The summed E-state index contributed by atoms with van der Waals surface area (Å²) in [7, 11) is 0. The normalized spacial score (nSPS) is 11.4. The van der Waals surface area contributed by atoms with Crippen molar-refractivity contribution in [2.75, 3.05) is 0 Å². The summed E-state index contributed by atoms with van der Waals surface area (Å²) < 4.78 is 4.22. The molecule has 0 saturated carbocycles. The first-order valence-electron chi connectivity index (χ1n) is 10.9. The van der Waals surface area contributed by atoms with Gasteiger partial charge in [-0.05, 0) is 49.2 Å². The van der Waals surface area contributed by atoms with Crippen LogP contribution in [0.1, 0.15) is 36.6 Å². The van der Waals surface area contributed by atoms with Crippen LogP contribution in [0.4, 0.5) is 0 Å². The molecule has 0 atom stereocenters. The molecule has 0 N–H and O–H groups in total. The molecule has 0 bridgehead atoms. The van der Waals surface area contributed by atoms with Gasteiger partial charge in [0.1, 0.15) is 11.6 Å². The van der Waals surface area contributed by atoms with E-state index >= 15 is 0 Å². The van der Waals surface area contributed by atoms with E-state index in [2.05, 4.69) is 43.4 Å². The average Bonchev–Trinajstić information content (AvgIpc) is 3.43. The Kier molecular flexibility index (Phi) is 9.29. The molecule has 184 valence electrons. The van der Waals surface area contributed by atoms with Gasteiger partial charge in [-0.25, -0.2) is 0 Å². The van der Waals surface area contributed by atoms with Crippen LogP contribution in [0, 0.1) is 0 Å². The molecule has 0 radical (unpaired) electrons. The predicted octanol–water partition coefficient (Wildman–Crippen LogP) is 7.70. The molecule has 2 aromatic heterocycles. The number of hydrogen-bond donors (Lipinski definition) is 0. The highest BCUT2D eigenvalue weighted by molar-refractivity contribution is 7.98. The fourth-order valence-corrected chi connectivity index (χ4v) is 6.01. The van der Waals surface area contributed by atoms with E-state index < -0.39 is 0 Å². The summed E-state index contributed by atoms with van der Waals surface area (Å²) in [6.07, 6.45) is 0.544. The zero-order valence-corrected chi connectivity index (χ0v) is 23.7. The van der Waals surface area contributed by atoms with Crippen molar-refractivity contribution < 1.29 is 0 Å². The van der Waals surface area contributed by atoms with Crippen molar-refractivity contribution in [1.29, 1.82) is 0 Å². The van der Waals surface area contributed by atoms with Gasteiger partial charge >= 0.3 is 0 Å². The van der Waals surface area contributed by atoms with Crippen LogP contribution < -0.4 is 0 Å². The molecule has 2 aromatic carbocycles. The Hall–Kier alpha value is -1.42. The molecule has 0 fully saturated rings. The van der Waals surface area contributed by atoms with E-state index in [1.807, 2.05) is 36.4 Å². The molecule has 0 amide bonds. The zero-order chi connectivity index (χ0) is 24.9. The lowest BCUT2D eigenvalue weighted by Crippen LogP contribution is -2.09. The topological polar surface area (TPSA) is 61.4 Å². The number of aromatic nitrogens is 6. The molecule has 35 heavy (non-hydrogen) atoms. The van der Waals surface area contributed by atoms with Crippen molar-refractivity contribution in [3.05, 3.63) is 79.3 Å². The molecule has 0 spiro atoms. The van der Waals surface area contributed by atoms with Crippen LogP contribution in [-0.4, -0.2) is 29.5 Å². The second-order valence-electron chi connectivity index (χ2n) is 7.54. The van der Waals surface area contributed by atoms with Crippen LogP contribution in [0.3, 0.4) is 0 Å². The van der Waals surface area contributed by atoms with Gasteiger partial charge < -0.3 is 9.13 Å². The SMILES string of the molecule is CCn1c(Cc2nnc(SCc3ccc(Cl)c(Cl)c3)n2CC)nnc1SCc1ccc(Cl)c(Cl)c1. The van der Waals surface area contributed by atoms with Gasteiger partial charge in [0, 0.05) is 24.6 Å². The predicted molar refractivity (Wildman–Crippen MR) is 146 cm³/mol. The Morgan fingerprint density at radius 2 is 1.06 bits per heavy atom. The molecule has 12 heteroatoms. The van der Waals surface area contributed by atoms with Gasteiger partial charge in [0.2, 0.25) is 0 Å². The van der Waals surface area contributed by atoms with E-state index in [-0.39, 0.29) is 0 Å². The summed E-state index contributed by atoms with van der Waals surface area (Å²) in [6, 6.07) is 11.3. The van der Waals surface area contributed by atoms with Crippen LogP contribution in [-0.2, 0) is 31.0 Å².